The zero-order valence-corrected chi connectivity index (χ0v) is 24.4. The second-order valence-electron chi connectivity index (χ2n) is 10.2. The van der Waals surface area contributed by atoms with Crippen molar-refractivity contribution >= 4 is 23.6 Å². The van der Waals surface area contributed by atoms with Crippen LogP contribution in [0.1, 0.15) is 40.5 Å². The van der Waals surface area contributed by atoms with Crippen molar-refractivity contribution in [2.24, 2.45) is 17.6 Å². The number of aliphatic hydroxyl groups is 2. The number of nitrogens with one attached hydrogen (secondary N) is 1. The smallest absolute Gasteiger partial charge is 0.405 e. The van der Waals surface area contributed by atoms with Crippen LogP contribution < -0.4 is 11.1 Å². The topological polar surface area (TPSA) is 184 Å². The van der Waals surface area contributed by atoms with Crippen LogP contribution in [0.15, 0.2) is 58.2 Å². The lowest BCUT2D eigenvalue weighted by molar-refractivity contribution is -0.135. The second-order valence-corrected chi connectivity index (χ2v) is 10.2. The number of amides is 2. The minimum Gasteiger partial charge on any atom is -0.505 e. The number of hydrogen-bond donors (Lipinski definition) is 4. The van der Waals surface area contributed by atoms with E-state index in [9.17, 15) is 29.4 Å². The number of primary amides is 1. The van der Waals surface area contributed by atoms with Crippen molar-refractivity contribution in [2.45, 2.75) is 65.0 Å². The average Bonchev–Trinajstić information content (AvgIpc) is 2.92. The molecule has 1 heterocycles. The molecule has 1 aliphatic carbocycles. The molecule has 0 saturated heterocycles. The number of nitrogens with two attached hydrogens (primary N) is 1. The van der Waals surface area contributed by atoms with Crippen LogP contribution in [-0.2, 0) is 33.3 Å². The number of fused-ring (bicyclic) bond motifs is 1. The third-order valence-electron chi connectivity index (χ3n) is 7.08. The zero-order chi connectivity index (χ0) is 31.0. The summed E-state index contributed by atoms with van der Waals surface area (Å²) in [4.78, 5) is 50.2. The first-order valence-corrected chi connectivity index (χ1v) is 13.1. The largest absolute Gasteiger partial charge is 0.505 e. The van der Waals surface area contributed by atoms with E-state index >= 15 is 0 Å². The molecular formula is C29H40N2O10. The zero-order valence-electron chi connectivity index (χ0n) is 24.4. The Morgan fingerprint density at radius 1 is 1.07 bits per heavy atom. The molecule has 12 nitrogen and oxygen atoms in total. The number of aliphatic hydroxyl groups excluding tert-OH is 2. The SMILES string of the molecule is COC1=C2C[C@@H](C)C[C@H](OC)[C@H](O)[C@@H](C)/C=C(/C)[C@H](OC(N)=O)[C@@H](OC)/C=C\C=C(\C)C(=O)NC(=C2O)C(=O)C1=O. The third kappa shape index (κ3) is 8.15. The van der Waals surface area contributed by atoms with Gasteiger partial charge in [-0.15, -0.1) is 0 Å². The van der Waals surface area contributed by atoms with Crippen molar-refractivity contribution in [2.75, 3.05) is 21.3 Å². The van der Waals surface area contributed by atoms with Crippen molar-refractivity contribution < 1.29 is 48.3 Å². The lowest BCUT2D eigenvalue weighted by Gasteiger charge is -2.30. The number of Topliss-reactive ketones (excluding diaryl/α,β-unsaturated/α-hetero) is 2. The summed E-state index contributed by atoms with van der Waals surface area (Å²) in [5, 5.41) is 24.5. The van der Waals surface area contributed by atoms with Gasteiger partial charge in [-0.1, -0.05) is 38.2 Å². The predicted octanol–water partition coefficient (Wildman–Crippen LogP) is 2.29. The molecule has 2 rings (SSSR count). The Morgan fingerprint density at radius 3 is 2.29 bits per heavy atom. The number of methoxy groups -OCH3 is 3. The van der Waals surface area contributed by atoms with Crippen LogP contribution in [0.4, 0.5) is 4.79 Å². The fraction of sp³-hybridized carbons (Fsp3) is 0.517. The number of ether oxygens (including phenoxy) is 4. The summed E-state index contributed by atoms with van der Waals surface area (Å²) in [6.45, 7) is 6.76. The Hall–Kier alpha value is -3.74. The van der Waals surface area contributed by atoms with Crippen molar-refractivity contribution in [1.29, 1.82) is 0 Å². The first-order valence-electron chi connectivity index (χ1n) is 13.1. The lowest BCUT2D eigenvalue weighted by atomic mass is 9.85. The van der Waals surface area contributed by atoms with Crippen LogP contribution in [0.5, 0.6) is 0 Å². The highest BCUT2D eigenvalue weighted by Gasteiger charge is 2.38. The number of carbonyl (C=O) groups is 4. The molecule has 2 amide bonds. The van der Waals surface area contributed by atoms with E-state index in [-0.39, 0.29) is 29.2 Å². The van der Waals surface area contributed by atoms with Gasteiger partial charge in [0.05, 0.1) is 19.3 Å². The van der Waals surface area contributed by atoms with Gasteiger partial charge in [-0.05, 0) is 38.2 Å². The molecular weight excluding hydrogens is 536 g/mol. The van der Waals surface area contributed by atoms with Gasteiger partial charge >= 0.3 is 6.09 Å². The second kappa shape index (κ2) is 14.8. The summed E-state index contributed by atoms with van der Waals surface area (Å²) in [7, 11) is 4.07. The molecule has 5 N–H and O–H groups in total. The highest BCUT2D eigenvalue weighted by atomic mass is 16.6. The van der Waals surface area contributed by atoms with Gasteiger partial charge in [0.2, 0.25) is 0 Å². The Morgan fingerprint density at radius 2 is 1.73 bits per heavy atom. The van der Waals surface area contributed by atoms with E-state index in [2.05, 4.69) is 5.32 Å². The van der Waals surface area contributed by atoms with Crippen LogP contribution in [0.3, 0.4) is 0 Å². The maximum Gasteiger partial charge on any atom is 0.405 e. The molecule has 2 bridgehead atoms. The van der Waals surface area contributed by atoms with Gasteiger partial charge in [-0.25, -0.2) is 4.79 Å². The maximum absolute atomic E-state index is 12.9. The van der Waals surface area contributed by atoms with Gasteiger partial charge in [0.15, 0.2) is 11.9 Å². The van der Waals surface area contributed by atoms with Crippen LogP contribution in [-0.4, -0.2) is 79.5 Å². The molecule has 2 aliphatic rings. The predicted molar refractivity (Wildman–Crippen MR) is 148 cm³/mol. The molecule has 12 heteroatoms. The molecule has 0 aromatic rings. The highest BCUT2D eigenvalue weighted by molar-refractivity contribution is 6.50. The highest BCUT2D eigenvalue weighted by Crippen LogP contribution is 2.32. The summed E-state index contributed by atoms with van der Waals surface area (Å²) in [5.74, 6) is -4.51. The van der Waals surface area contributed by atoms with Gasteiger partial charge in [0, 0.05) is 31.3 Å². The minimum absolute atomic E-state index is 0.0573. The van der Waals surface area contributed by atoms with Crippen molar-refractivity contribution in [1.82, 2.24) is 5.32 Å². The van der Waals surface area contributed by atoms with E-state index in [0.29, 0.717) is 12.0 Å². The summed E-state index contributed by atoms with van der Waals surface area (Å²) in [6, 6.07) is 0. The quantitative estimate of drug-likeness (QED) is 0.220. The Bertz CT molecular complexity index is 1200. The summed E-state index contributed by atoms with van der Waals surface area (Å²) >= 11 is 0. The fourth-order valence-corrected chi connectivity index (χ4v) is 4.84. The standard InChI is InChI=1S/C29H40N2O10/c1-14-11-18-23(33)21(24(34)25(35)27(18)40-7)31-28(36)15(2)9-8-10-19(38-5)26(41-29(30)37)17(4)13-16(3)22(32)20(12-14)39-6/h8-10,13-14,16,19-20,22,26,32-33H,11-12H2,1-7H3,(H2,30,37)(H,31,36)/b10-8-,15-9-,17-13-/t14-,16+,19+,20+,22-,26+/m1/s1. The van der Waals surface area contributed by atoms with Crippen LogP contribution >= 0.6 is 0 Å². The first-order chi connectivity index (χ1) is 19.3. The number of hydrogen-bond acceptors (Lipinski definition) is 10. The molecule has 0 aromatic carbocycles. The molecule has 226 valence electrons. The fourth-order valence-electron chi connectivity index (χ4n) is 4.84. The van der Waals surface area contributed by atoms with Crippen molar-refractivity contribution in [3.05, 3.63) is 58.2 Å². The molecule has 0 radical (unpaired) electrons. The van der Waals surface area contributed by atoms with E-state index in [1.54, 1.807) is 19.9 Å². The normalized spacial score (nSPS) is 32.4. The van der Waals surface area contributed by atoms with Crippen LogP contribution in [0, 0.1) is 11.8 Å². The molecule has 0 aromatic heterocycles. The Labute approximate surface area is 239 Å². The number of rotatable bonds is 4. The first kappa shape index (κ1) is 33.5. The van der Waals surface area contributed by atoms with Crippen LogP contribution in [0.25, 0.3) is 0 Å². The molecule has 0 fully saturated rings. The minimum atomic E-state index is -1.12. The lowest BCUT2D eigenvalue weighted by Crippen LogP contribution is -2.38. The summed E-state index contributed by atoms with van der Waals surface area (Å²) in [6.07, 6.45) is 2.06. The van der Waals surface area contributed by atoms with E-state index in [4.69, 9.17) is 24.7 Å². The number of carbonyl (C=O) groups excluding carboxylic acids is 4. The molecule has 0 spiro atoms. The number of allylic oxidation sites excluding steroid dienone is 5. The van der Waals surface area contributed by atoms with Gasteiger partial charge in [0.25, 0.3) is 17.5 Å². The summed E-state index contributed by atoms with van der Waals surface area (Å²) < 4.78 is 21.6. The van der Waals surface area contributed by atoms with Gasteiger partial charge in [-0.3, -0.25) is 14.4 Å². The Balaban J connectivity index is 2.67. The van der Waals surface area contributed by atoms with Crippen LogP contribution in [0.2, 0.25) is 0 Å². The van der Waals surface area contributed by atoms with Crippen molar-refractivity contribution in [3.8, 4) is 0 Å². The van der Waals surface area contributed by atoms with Crippen molar-refractivity contribution in [3.63, 3.8) is 0 Å². The van der Waals surface area contributed by atoms with Gasteiger partial charge in [0.1, 0.15) is 17.6 Å². The Kier molecular flexibility index (Phi) is 12.1. The third-order valence-corrected chi connectivity index (χ3v) is 7.08. The molecule has 41 heavy (non-hydrogen) atoms. The molecule has 0 saturated carbocycles. The van der Waals surface area contributed by atoms with E-state index in [1.165, 1.54) is 46.5 Å². The monoisotopic (exact) mass is 576 g/mol. The summed E-state index contributed by atoms with van der Waals surface area (Å²) in [5.41, 5.74) is 5.50. The van der Waals surface area contributed by atoms with Gasteiger partial charge < -0.3 is 40.2 Å². The molecule has 1 aliphatic heterocycles. The van der Waals surface area contributed by atoms with Gasteiger partial charge in [-0.2, -0.15) is 0 Å². The number of ketones is 2. The van der Waals surface area contributed by atoms with E-state index in [0.717, 1.165) is 0 Å². The average molecular weight is 577 g/mol. The molecule has 0 unspecified atom stereocenters. The molecule has 6 atom stereocenters. The van der Waals surface area contributed by atoms with E-state index in [1.807, 2.05) is 6.92 Å². The van der Waals surface area contributed by atoms with E-state index < -0.39 is 65.4 Å². The maximum atomic E-state index is 12.9.